The molecule has 0 unspecified atom stereocenters. The van der Waals surface area contributed by atoms with Crippen LogP contribution in [0.1, 0.15) is 48.9 Å². The Balaban J connectivity index is 1.29. The number of amides is 3. The van der Waals surface area contributed by atoms with Gasteiger partial charge in [-0.3, -0.25) is 24.2 Å². The second-order valence-electron chi connectivity index (χ2n) is 11.6. The van der Waals surface area contributed by atoms with Gasteiger partial charge in [0.2, 0.25) is 29.8 Å². The van der Waals surface area contributed by atoms with Gasteiger partial charge in [-0.1, -0.05) is 0 Å². The molecule has 1 aromatic heterocycles. The number of nitrogen functional groups attached to an aromatic ring is 1. The molecule has 2 aromatic rings. The van der Waals surface area contributed by atoms with Crippen LogP contribution in [-0.2, 0) is 28.8 Å². The SMILES string of the molecule is Nc1nc2c(c(=O)[nH]1)[N+]1=CN(c3ccc(C(=O)N[C@@H](CCC(=O)N[C@@H](CCC(=O)N[C@@H](CCC(=O)[O-])C(=O)[O-])C(=O)[O-])C(=O)[O-])cc3)C[C@H]1CN2. The molecule has 0 fully saturated rings. The van der Waals surface area contributed by atoms with Crippen molar-refractivity contribution in [1.82, 2.24) is 25.9 Å². The fraction of sp³-hybridized carbons (Fsp3) is 0.400. The molecule has 2 aliphatic heterocycles. The lowest BCUT2D eigenvalue weighted by Crippen LogP contribution is -2.51. The van der Waals surface area contributed by atoms with E-state index in [4.69, 9.17) is 5.73 Å². The third kappa shape index (κ3) is 9.77. The van der Waals surface area contributed by atoms with Crippen LogP contribution in [0, 0.1) is 0 Å². The van der Waals surface area contributed by atoms with Crippen LogP contribution in [0.15, 0.2) is 29.1 Å². The summed E-state index contributed by atoms with van der Waals surface area (Å²) in [6, 6.07) is 0.904. The zero-order valence-electron chi connectivity index (χ0n) is 26.7. The molecule has 3 amide bonds. The molecule has 0 saturated heterocycles. The monoisotopic (exact) mass is 710 g/mol. The summed E-state index contributed by atoms with van der Waals surface area (Å²) in [5.74, 6) is -9.27. The lowest BCUT2D eigenvalue weighted by molar-refractivity contribution is -0.468. The Morgan fingerprint density at radius 2 is 1.37 bits per heavy atom. The molecule has 2 aliphatic rings. The van der Waals surface area contributed by atoms with Gasteiger partial charge in [0.25, 0.3) is 5.91 Å². The van der Waals surface area contributed by atoms with E-state index >= 15 is 0 Å². The van der Waals surface area contributed by atoms with Crippen LogP contribution in [0.3, 0.4) is 0 Å². The van der Waals surface area contributed by atoms with E-state index in [1.807, 2.05) is 10.2 Å². The standard InChI is InChI=1S/C30H35N9O12/c31-30-36-24-23(26(45)37-30)39-13-38(12-16(39)11-32-24)15-3-1-14(2-4-15)25(44)35-19(29(50)51)6-9-21(41)33-17(27(46)47)5-8-20(40)34-18(28(48)49)7-10-22(42)43/h1-4,13,16-19H,5-12H2,(H10-,31,32,33,34,35,36,37,40,41,42,43,44,45,46,47,48,49,50,51)/p-3/t16-,17+,18+,19+/m1/s1. The summed E-state index contributed by atoms with van der Waals surface area (Å²) in [4.78, 5) is 103. The molecule has 4 rings (SSSR count). The maximum Gasteiger partial charge on any atom is 0.301 e. The first kappa shape index (κ1) is 37.3. The Hall–Kier alpha value is -6.54. The van der Waals surface area contributed by atoms with Crippen LogP contribution in [0.5, 0.6) is 0 Å². The molecule has 7 N–H and O–H groups in total. The molecular weight excluding hydrogens is 678 g/mol. The van der Waals surface area contributed by atoms with E-state index in [1.54, 1.807) is 23.0 Å². The average Bonchev–Trinajstić information content (AvgIpc) is 3.50. The Morgan fingerprint density at radius 1 is 0.843 bits per heavy atom. The molecule has 0 saturated carbocycles. The summed E-state index contributed by atoms with van der Waals surface area (Å²) in [5, 5.41) is 54.3. The number of aromatic nitrogens is 2. The summed E-state index contributed by atoms with van der Waals surface area (Å²) < 4.78 is 1.77. The first-order valence-electron chi connectivity index (χ1n) is 15.5. The zero-order chi connectivity index (χ0) is 37.4. The molecule has 21 heteroatoms. The fourth-order valence-corrected chi connectivity index (χ4v) is 5.38. The van der Waals surface area contributed by atoms with Gasteiger partial charge in [0, 0.05) is 24.4 Å². The normalized spacial score (nSPS) is 16.2. The number of fused-ring (bicyclic) bond motifs is 3. The summed E-state index contributed by atoms with van der Waals surface area (Å²) in [7, 11) is 0. The van der Waals surface area contributed by atoms with Crippen LogP contribution in [0.4, 0.5) is 23.1 Å². The van der Waals surface area contributed by atoms with E-state index in [1.165, 1.54) is 12.1 Å². The van der Waals surface area contributed by atoms with Crippen LogP contribution in [-0.4, -0.2) is 99.7 Å². The first-order chi connectivity index (χ1) is 24.1. The maximum atomic E-state index is 12.9. The summed E-state index contributed by atoms with van der Waals surface area (Å²) in [6.45, 7) is 0.964. The van der Waals surface area contributed by atoms with Crippen molar-refractivity contribution in [2.24, 2.45) is 0 Å². The number of nitrogens with zero attached hydrogens (tertiary/aromatic N) is 3. The lowest BCUT2D eigenvalue weighted by atomic mass is 10.1. The van der Waals surface area contributed by atoms with E-state index in [9.17, 15) is 58.8 Å². The number of nitrogens with two attached hydrogens (primary N) is 1. The molecule has 0 aliphatic carbocycles. The Morgan fingerprint density at radius 3 is 1.90 bits per heavy atom. The largest absolute Gasteiger partial charge is 0.550 e. The summed E-state index contributed by atoms with van der Waals surface area (Å²) >= 11 is 0. The van der Waals surface area contributed by atoms with E-state index < -0.39 is 104 Å². The molecule has 0 bridgehead atoms. The van der Waals surface area contributed by atoms with Crippen molar-refractivity contribution < 1.29 is 58.6 Å². The molecule has 4 atom stereocenters. The number of hydrogen-bond acceptors (Lipinski definition) is 16. The quantitative estimate of drug-likeness (QED) is 0.0830. The van der Waals surface area contributed by atoms with Crippen LogP contribution in [0.2, 0.25) is 0 Å². The summed E-state index contributed by atoms with van der Waals surface area (Å²) in [5.41, 5.74) is 6.25. The van der Waals surface area contributed by atoms with Gasteiger partial charge in [-0.05, 0) is 49.9 Å². The van der Waals surface area contributed by atoms with Crippen molar-refractivity contribution in [1.29, 1.82) is 0 Å². The van der Waals surface area contributed by atoms with E-state index in [0.717, 1.165) is 0 Å². The fourth-order valence-electron chi connectivity index (χ4n) is 5.38. The highest BCUT2D eigenvalue weighted by Crippen LogP contribution is 2.29. The number of aromatic amines is 1. The molecule has 21 nitrogen and oxygen atoms in total. The number of carbonyl (C=O) groups is 7. The van der Waals surface area contributed by atoms with E-state index in [-0.39, 0.29) is 17.6 Å². The van der Waals surface area contributed by atoms with Gasteiger partial charge < -0.3 is 66.6 Å². The molecule has 3 heterocycles. The molecule has 272 valence electrons. The predicted octanol–water partition coefficient (Wildman–Crippen LogP) is -7.25. The van der Waals surface area contributed by atoms with Gasteiger partial charge in [-0.15, -0.1) is 0 Å². The number of anilines is 3. The molecule has 51 heavy (non-hydrogen) atoms. The molecule has 0 radical (unpaired) electrons. The van der Waals surface area contributed by atoms with Crippen molar-refractivity contribution in [3.63, 3.8) is 0 Å². The number of nitrogens with one attached hydrogen (secondary N) is 5. The van der Waals surface area contributed by atoms with Crippen molar-refractivity contribution in [2.45, 2.75) is 62.7 Å². The number of benzene rings is 1. The van der Waals surface area contributed by atoms with Gasteiger partial charge in [-0.25, -0.2) is 9.48 Å². The number of carboxylic acids is 4. The topological polar surface area (TPSA) is 338 Å². The first-order valence-corrected chi connectivity index (χ1v) is 15.5. The van der Waals surface area contributed by atoms with Crippen LogP contribution >= 0.6 is 0 Å². The highest BCUT2D eigenvalue weighted by atomic mass is 16.4. The molecule has 1 aromatic carbocycles. The zero-order valence-corrected chi connectivity index (χ0v) is 26.7. The number of carbonyl (C=O) groups excluding carboxylic acids is 7. The van der Waals surface area contributed by atoms with Gasteiger partial charge in [0.05, 0.1) is 42.6 Å². The van der Waals surface area contributed by atoms with Gasteiger partial charge in [-0.2, -0.15) is 4.98 Å². The number of aliphatic carboxylic acids is 4. The van der Waals surface area contributed by atoms with Crippen LogP contribution in [0.25, 0.3) is 0 Å². The van der Waals surface area contributed by atoms with Crippen molar-refractivity contribution in [3.05, 3.63) is 40.2 Å². The highest BCUT2D eigenvalue weighted by Gasteiger charge is 2.39. The van der Waals surface area contributed by atoms with Crippen molar-refractivity contribution in [3.8, 4) is 0 Å². The third-order valence-corrected chi connectivity index (χ3v) is 7.99. The van der Waals surface area contributed by atoms with Crippen molar-refractivity contribution >= 4 is 71.1 Å². The van der Waals surface area contributed by atoms with Gasteiger partial charge in [0.15, 0.2) is 11.9 Å². The second kappa shape index (κ2) is 16.2. The maximum absolute atomic E-state index is 12.9. The number of hydrogen-bond donors (Lipinski definition) is 6. The Bertz CT molecular complexity index is 1810. The molecular formula is C30H32N9O12-3. The second-order valence-corrected chi connectivity index (χ2v) is 11.6. The number of rotatable bonds is 17. The number of carboxylic acid groups (broad SMARTS) is 4. The minimum atomic E-state index is -1.79. The Labute approximate surface area is 287 Å². The predicted molar refractivity (Wildman–Crippen MR) is 164 cm³/mol. The Kier molecular flexibility index (Phi) is 11.9. The smallest absolute Gasteiger partial charge is 0.301 e. The minimum Gasteiger partial charge on any atom is -0.550 e. The number of H-pyrrole nitrogens is 1. The van der Waals surface area contributed by atoms with E-state index in [2.05, 4.69) is 25.9 Å². The average molecular weight is 711 g/mol. The van der Waals surface area contributed by atoms with Gasteiger partial charge >= 0.3 is 5.56 Å². The third-order valence-electron chi connectivity index (χ3n) is 7.99. The highest BCUT2D eigenvalue weighted by molar-refractivity contribution is 5.97. The molecule has 0 spiro atoms. The minimum absolute atomic E-state index is 0.0252. The lowest BCUT2D eigenvalue weighted by Gasteiger charge is -2.23. The van der Waals surface area contributed by atoms with Crippen LogP contribution < -0.4 is 57.9 Å². The van der Waals surface area contributed by atoms with Gasteiger partial charge in [0.1, 0.15) is 12.2 Å². The van der Waals surface area contributed by atoms with Crippen molar-refractivity contribution in [2.75, 3.05) is 29.0 Å². The summed E-state index contributed by atoms with van der Waals surface area (Å²) in [6.07, 6.45) is -1.77. The van der Waals surface area contributed by atoms with E-state index in [0.29, 0.717) is 30.3 Å².